The lowest BCUT2D eigenvalue weighted by Crippen LogP contribution is -2.31. The number of nitrogens with two attached hydrogens (primary N) is 1. The second kappa shape index (κ2) is 6.44. The van der Waals surface area contributed by atoms with Crippen molar-refractivity contribution < 1.29 is 4.79 Å². The molecule has 2 aromatic rings. The normalized spacial score (nSPS) is 18.3. The van der Waals surface area contributed by atoms with Crippen molar-refractivity contribution in [2.45, 2.75) is 12.3 Å². The molecule has 8 heteroatoms. The fourth-order valence-electron chi connectivity index (χ4n) is 2.59. The van der Waals surface area contributed by atoms with Crippen LogP contribution < -0.4 is 11.1 Å². The van der Waals surface area contributed by atoms with E-state index < -0.39 is 0 Å². The fourth-order valence-corrected chi connectivity index (χ4v) is 2.59. The Morgan fingerprint density at radius 2 is 2.23 bits per heavy atom. The summed E-state index contributed by atoms with van der Waals surface area (Å²) >= 11 is 0. The molecular weight excluding hydrogens is 282 g/mol. The zero-order valence-corrected chi connectivity index (χ0v) is 12.0. The molecule has 0 aromatic carbocycles. The molecule has 0 radical (unpaired) electrons. The lowest BCUT2D eigenvalue weighted by Gasteiger charge is -2.14. The van der Waals surface area contributed by atoms with Crippen LogP contribution in [0.2, 0.25) is 0 Å². The zero-order valence-electron chi connectivity index (χ0n) is 12.0. The highest BCUT2D eigenvalue weighted by molar-refractivity contribution is 5.75. The van der Waals surface area contributed by atoms with Gasteiger partial charge in [-0.05, 0) is 19.0 Å². The van der Waals surface area contributed by atoms with Crippen LogP contribution in [0.15, 0.2) is 31.0 Å². The fraction of sp³-hybridized carbons (Fsp3) is 0.357. The van der Waals surface area contributed by atoms with Gasteiger partial charge in [0.25, 0.3) is 0 Å². The van der Waals surface area contributed by atoms with Crippen molar-refractivity contribution in [2.75, 3.05) is 25.0 Å². The van der Waals surface area contributed by atoms with Gasteiger partial charge in [0.2, 0.25) is 11.9 Å². The van der Waals surface area contributed by atoms with E-state index in [4.69, 9.17) is 5.73 Å². The number of hydrogen-bond donors (Lipinski definition) is 2. The summed E-state index contributed by atoms with van der Waals surface area (Å²) in [5.41, 5.74) is 6.94. The van der Waals surface area contributed by atoms with Crippen molar-refractivity contribution >= 4 is 17.5 Å². The van der Waals surface area contributed by atoms with Crippen LogP contribution in [0, 0.1) is 0 Å². The van der Waals surface area contributed by atoms with E-state index in [0.29, 0.717) is 12.5 Å². The number of rotatable bonds is 5. The van der Waals surface area contributed by atoms with Crippen LogP contribution in [0.25, 0.3) is 0 Å². The van der Waals surface area contributed by atoms with Crippen LogP contribution >= 0.6 is 0 Å². The number of likely N-dealkylation sites (tertiary alicyclic amines) is 1. The maximum atomic E-state index is 11.0. The summed E-state index contributed by atoms with van der Waals surface area (Å²) in [6.07, 6.45) is 7.47. The average molecular weight is 299 g/mol. The van der Waals surface area contributed by atoms with E-state index in [1.165, 1.54) is 6.33 Å². The molecule has 0 saturated carbocycles. The lowest BCUT2D eigenvalue weighted by molar-refractivity contribution is -0.118. The second-order valence-electron chi connectivity index (χ2n) is 5.24. The Morgan fingerprint density at radius 1 is 1.41 bits per heavy atom. The maximum absolute atomic E-state index is 11.0. The van der Waals surface area contributed by atoms with Crippen molar-refractivity contribution in [3.63, 3.8) is 0 Å². The summed E-state index contributed by atoms with van der Waals surface area (Å²) in [6, 6.07) is 1.91. The predicted molar refractivity (Wildman–Crippen MR) is 80.3 cm³/mol. The first-order valence-electron chi connectivity index (χ1n) is 7.06. The second-order valence-corrected chi connectivity index (χ2v) is 5.24. The molecule has 0 unspecified atom stereocenters. The standard InChI is InChI=1S/C14H17N7O/c15-13(22)8-21-4-2-10(7-21)12-1-3-18-14(20-12)19-11-5-16-9-17-6-11/h1,3,5-6,9-10H,2,4,7-8H2,(H2,15,22)(H,18,19,20)/t10-/m0/s1. The van der Waals surface area contributed by atoms with Crippen LogP contribution in [-0.2, 0) is 4.79 Å². The van der Waals surface area contributed by atoms with E-state index >= 15 is 0 Å². The van der Waals surface area contributed by atoms with Gasteiger partial charge >= 0.3 is 0 Å². The number of hydrogen-bond acceptors (Lipinski definition) is 7. The van der Waals surface area contributed by atoms with E-state index in [0.717, 1.165) is 30.9 Å². The summed E-state index contributed by atoms with van der Waals surface area (Å²) in [5, 5.41) is 3.08. The minimum atomic E-state index is -0.297. The Balaban J connectivity index is 1.68. The number of nitrogens with one attached hydrogen (secondary N) is 1. The Hall–Kier alpha value is -2.61. The molecule has 3 N–H and O–H groups in total. The molecule has 0 spiro atoms. The van der Waals surface area contributed by atoms with Gasteiger partial charge in [-0.1, -0.05) is 0 Å². The number of anilines is 2. The molecule has 3 rings (SSSR count). The SMILES string of the molecule is NC(=O)CN1CC[C@H](c2ccnc(Nc3cncnc3)n2)C1. The van der Waals surface area contributed by atoms with Crippen molar-refractivity contribution in [3.8, 4) is 0 Å². The maximum Gasteiger partial charge on any atom is 0.231 e. The van der Waals surface area contributed by atoms with Crippen LogP contribution in [-0.4, -0.2) is 50.4 Å². The smallest absolute Gasteiger partial charge is 0.231 e. The van der Waals surface area contributed by atoms with Crippen LogP contribution in [0.1, 0.15) is 18.0 Å². The highest BCUT2D eigenvalue weighted by Crippen LogP contribution is 2.26. The van der Waals surface area contributed by atoms with E-state index in [9.17, 15) is 4.79 Å². The number of amides is 1. The monoisotopic (exact) mass is 299 g/mol. The molecule has 2 aromatic heterocycles. The van der Waals surface area contributed by atoms with Gasteiger partial charge in [-0.3, -0.25) is 9.69 Å². The molecular formula is C14H17N7O. The molecule has 0 bridgehead atoms. The third-order valence-electron chi connectivity index (χ3n) is 3.56. The van der Waals surface area contributed by atoms with Gasteiger partial charge in [0, 0.05) is 18.7 Å². The predicted octanol–water partition coefficient (Wildman–Crippen LogP) is 0.285. The van der Waals surface area contributed by atoms with E-state index in [1.54, 1.807) is 18.6 Å². The topological polar surface area (TPSA) is 110 Å². The number of primary amides is 1. The van der Waals surface area contributed by atoms with E-state index in [2.05, 4.69) is 25.3 Å². The van der Waals surface area contributed by atoms with Gasteiger partial charge < -0.3 is 11.1 Å². The molecule has 22 heavy (non-hydrogen) atoms. The number of aromatic nitrogens is 4. The molecule has 8 nitrogen and oxygen atoms in total. The molecule has 114 valence electrons. The van der Waals surface area contributed by atoms with Crippen molar-refractivity contribution in [1.82, 2.24) is 24.8 Å². The highest BCUT2D eigenvalue weighted by atomic mass is 16.1. The quantitative estimate of drug-likeness (QED) is 0.816. The molecule has 1 atom stereocenters. The first kappa shape index (κ1) is 14.3. The van der Waals surface area contributed by atoms with Crippen LogP contribution in [0.4, 0.5) is 11.6 Å². The van der Waals surface area contributed by atoms with Crippen LogP contribution in [0.3, 0.4) is 0 Å². The largest absolute Gasteiger partial charge is 0.369 e. The minimum Gasteiger partial charge on any atom is -0.369 e. The Bertz CT molecular complexity index is 649. The van der Waals surface area contributed by atoms with Gasteiger partial charge in [-0.25, -0.2) is 19.9 Å². The Morgan fingerprint density at radius 3 is 3.00 bits per heavy atom. The highest BCUT2D eigenvalue weighted by Gasteiger charge is 2.25. The Kier molecular flexibility index (Phi) is 4.19. The van der Waals surface area contributed by atoms with Gasteiger partial charge in [0.15, 0.2) is 0 Å². The zero-order chi connectivity index (χ0) is 15.4. The molecule has 1 fully saturated rings. The third-order valence-corrected chi connectivity index (χ3v) is 3.56. The number of carbonyl (C=O) groups is 1. The number of nitrogens with zero attached hydrogens (tertiary/aromatic N) is 5. The molecule has 1 amide bonds. The summed E-state index contributed by atoms with van der Waals surface area (Å²) in [5.74, 6) is 0.505. The van der Waals surface area contributed by atoms with Gasteiger partial charge in [-0.2, -0.15) is 0 Å². The first-order chi connectivity index (χ1) is 10.7. The average Bonchev–Trinajstić information content (AvgIpc) is 2.96. The first-order valence-corrected chi connectivity index (χ1v) is 7.06. The molecule has 3 heterocycles. The molecule has 0 aliphatic carbocycles. The van der Waals surface area contributed by atoms with Gasteiger partial charge in [-0.15, -0.1) is 0 Å². The third kappa shape index (κ3) is 3.53. The van der Waals surface area contributed by atoms with Crippen LogP contribution in [0.5, 0.6) is 0 Å². The summed E-state index contributed by atoms with van der Waals surface area (Å²) in [4.78, 5) is 29.7. The van der Waals surface area contributed by atoms with E-state index in [1.807, 2.05) is 11.0 Å². The van der Waals surface area contributed by atoms with Crippen molar-refractivity contribution in [2.24, 2.45) is 5.73 Å². The van der Waals surface area contributed by atoms with Crippen molar-refractivity contribution in [3.05, 3.63) is 36.7 Å². The minimum absolute atomic E-state index is 0.287. The number of carbonyl (C=O) groups excluding carboxylic acids is 1. The molecule has 1 aliphatic rings. The molecule has 1 aliphatic heterocycles. The summed E-state index contributed by atoms with van der Waals surface area (Å²) in [6.45, 7) is 1.94. The molecule has 1 saturated heterocycles. The van der Waals surface area contributed by atoms with Gasteiger partial charge in [0.05, 0.1) is 30.3 Å². The van der Waals surface area contributed by atoms with E-state index in [-0.39, 0.29) is 11.8 Å². The Labute approximate surface area is 127 Å². The van der Waals surface area contributed by atoms with Gasteiger partial charge in [0.1, 0.15) is 6.33 Å². The lowest BCUT2D eigenvalue weighted by atomic mass is 10.1. The summed E-state index contributed by atoms with van der Waals surface area (Å²) < 4.78 is 0. The summed E-state index contributed by atoms with van der Waals surface area (Å²) in [7, 11) is 0. The van der Waals surface area contributed by atoms with Crippen molar-refractivity contribution in [1.29, 1.82) is 0 Å².